The minimum atomic E-state index is -0.274. The Morgan fingerprint density at radius 2 is 1.93 bits per heavy atom. The van der Waals surface area contributed by atoms with Gasteiger partial charge in [0.05, 0.1) is 12.1 Å². The van der Waals surface area contributed by atoms with Crippen LogP contribution >= 0.6 is 11.3 Å². The number of nitrogens with one attached hydrogen (secondary N) is 2. The largest absolute Gasteiger partial charge is 0.485 e. The van der Waals surface area contributed by atoms with Gasteiger partial charge in [-0.1, -0.05) is 13.8 Å². The fourth-order valence-corrected chi connectivity index (χ4v) is 2.99. The fourth-order valence-electron chi connectivity index (χ4n) is 2.28. The summed E-state index contributed by atoms with van der Waals surface area (Å²) in [6.45, 7) is 3.94. The monoisotopic (exact) mass is 411 g/mol. The van der Waals surface area contributed by atoms with Crippen molar-refractivity contribution in [3.8, 4) is 5.75 Å². The van der Waals surface area contributed by atoms with Crippen LogP contribution in [-0.4, -0.2) is 26.8 Å². The highest BCUT2D eigenvalue weighted by molar-refractivity contribution is 7.13. The molecule has 3 aromatic heterocycles. The smallest absolute Gasteiger partial charge is 0.231 e. The summed E-state index contributed by atoms with van der Waals surface area (Å²) in [5.74, 6) is 0.292. The predicted octanol–water partition coefficient (Wildman–Crippen LogP) is 3.29. The molecule has 3 heterocycles. The van der Waals surface area contributed by atoms with Crippen LogP contribution in [0.1, 0.15) is 25.1 Å². The van der Waals surface area contributed by atoms with E-state index in [2.05, 4.69) is 25.6 Å². The molecule has 0 fully saturated rings. The number of amides is 2. The molecule has 9 heteroatoms. The third-order valence-electron chi connectivity index (χ3n) is 3.82. The molecule has 150 valence electrons. The number of aromatic nitrogens is 3. The molecule has 3 aromatic rings. The van der Waals surface area contributed by atoms with E-state index in [1.165, 1.54) is 11.3 Å². The molecular formula is C20H21N5O3S. The second kappa shape index (κ2) is 9.74. The molecule has 0 bridgehead atoms. The van der Waals surface area contributed by atoms with E-state index in [-0.39, 0.29) is 24.2 Å². The first-order chi connectivity index (χ1) is 14.0. The number of carbonyl (C=O) groups excluding carboxylic acids is 2. The number of carbonyl (C=O) groups is 2. The van der Waals surface area contributed by atoms with Crippen molar-refractivity contribution < 1.29 is 14.3 Å². The van der Waals surface area contributed by atoms with Crippen molar-refractivity contribution in [3.05, 3.63) is 59.5 Å². The van der Waals surface area contributed by atoms with Gasteiger partial charge in [-0.15, -0.1) is 11.3 Å². The van der Waals surface area contributed by atoms with Crippen molar-refractivity contribution in [3.63, 3.8) is 0 Å². The molecule has 0 aromatic carbocycles. The summed E-state index contributed by atoms with van der Waals surface area (Å²) in [6, 6.07) is 7.19. The topological polar surface area (TPSA) is 106 Å². The lowest BCUT2D eigenvalue weighted by Crippen LogP contribution is -2.18. The third-order valence-corrected chi connectivity index (χ3v) is 4.63. The van der Waals surface area contributed by atoms with E-state index in [0.717, 1.165) is 5.56 Å². The molecule has 0 saturated heterocycles. The first-order valence-electron chi connectivity index (χ1n) is 9.03. The van der Waals surface area contributed by atoms with Gasteiger partial charge in [0.25, 0.3) is 0 Å². The van der Waals surface area contributed by atoms with Crippen LogP contribution in [0.4, 0.5) is 10.9 Å². The molecule has 2 N–H and O–H groups in total. The molecule has 3 rings (SSSR count). The molecule has 0 unspecified atom stereocenters. The zero-order chi connectivity index (χ0) is 20.6. The Kier molecular flexibility index (Phi) is 6.85. The summed E-state index contributed by atoms with van der Waals surface area (Å²) in [5, 5.41) is 7.70. The van der Waals surface area contributed by atoms with Crippen LogP contribution in [0.3, 0.4) is 0 Å². The predicted molar refractivity (Wildman–Crippen MR) is 111 cm³/mol. The van der Waals surface area contributed by atoms with E-state index in [4.69, 9.17) is 4.74 Å². The van der Waals surface area contributed by atoms with Crippen molar-refractivity contribution in [2.24, 2.45) is 5.92 Å². The number of nitrogens with zero attached hydrogens (tertiary/aromatic N) is 3. The SMILES string of the molecule is CC(C)C(=O)Nc1nc(CC(=O)Nc2ncccc2OCc2ccncc2)cs1. The summed E-state index contributed by atoms with van der Waals surface area (Å²) in [6.07, 6.45) is 5.03. The highest BCUT2D eigenvalue weighted by atomic mass is 32.1. The van der Waals surface area contributed by atoms with E-state index in [0.29, 0.717) is 29.0 Å². The van der Waals surface area contributed by atoms with Gasteiger partial charge in [-0.2, -0.15) is 0 Å². The van der Waals surface area contributed by atoms with Gasteiger partial charge in [0, 0.05) is 29.9 Å². The zero-order valence-corrected chi connectivity index (χ0v) is 16.9. The highest BCUT2D eigenvalue weighted by Gasteiger charge is 2.14. The van der Waals surface area contributed by atoms with Gasteiger partial charge in [-0.05, 0) is 29.8 Å². The Balaban J connectivity index is 1.58. The zero-order valence-electron chi connectivity index (χ0n) is 16.1. The van der Waals surface area contributed by atoms with Gasteiger partial charge in [0.2, 0.25) is 11.8 Å². The van der Waals surface area contributed by atoms with E-state index in [1.807, 2.05) is 12.1 Å². The molecule has 0 aliphatic rings. The van der Waals surface area contributed by atoms with E-state index < -0.39 is 0 Å². The van der Waals surface area contributed by atoms with Gasteiger partial charge >= 0.3 is 0 Å². The second-order valence-electron chi connectivity index (χ2n) is 6.51. The summed E-state index contributed by atoms with van der Waals surface area (Å²) in [4.78, 5) is 36.6. The van der Waals surface area contributed by atoms with Gasteiger partial charge in [-0.3, -0.25) is 14.6 Å². The summed E-state index contributed by atoms with van der Waals surface area (Å²) >= 11 is 1.28. The number of hydrogen-bond acceptors (Lipinski definition) is 7. The Labute approximate surface area is 172 Å². The van der Waals surface area contributed by atoms with Gasteiger partial charge < -0.3 is 15.4 Å². The van der Waals surface area contributed by atoms with Crippen molar-refractivity contribution in [2.45, 2.75) is 26.9 Å². The van der Waals surface area contributed by atoms with Crippen molar-refractivity contribution in [1.82, 2.24) is 15.0 Å². The Morgan fingerprint density at radius 1 is 1.14 bits per heavy atom. The molecule has 8 nitrogen and oxygen atoms in total. The lowest BCUT2D eigenvalue weighted by molar-refractivity contribution is -0.119. The maximum atomic E-state index is 12.4. The normalized spacial score (nSPS) is 10.6. The highest BCUT2D eigenvalue weighted by Crippen LogP contribution is 2.23. The van der Waals surface area contributed by atoms with Crippen LogP contribution in [0.5, 0.6) is 5.75 Å². The van der Waals surface area contributed by atoms with E-state index in [1.54, 1.807) is 50.0 Å². The lowest BCUT2D eigenvalue weighted by atomic mass is 10.2. The molecule has 2 amide bonds. The minimum Gasteiger partial charge on any atom is -0.485 e. The quantitative estimate of drug-likeness (QED) is 0.589. The Bertz CT molecular complexity index is 975. The number of rotatable bonds is 8. The Morgan fingerprint density at radius 3 is 2.69 bits per heavy atom. The van der Waals surface area contributed by atoms with Crippen molar-refractivity contribution >= 4 is 34.1 Å². The number of anilines is 2. The fraction of sp³-hybridized carbons (Fsp3) is 0.250. The van der Waals surface area contributed by atoms with E-state index >= 15 is 0 Å². The van der Waals surface area contributed by atoms with Gasteiger partial charge in [0.15, 0.2) is 16.7 Å². The lowest BCUT2D eigenvalue weighted by Gasteiger charge is -2.11. The maximum Gasteiger partial charge on any atom is 0.231 e. The number of pyridine rings is 2. The van der Waals surface area contributed by atoms with Crippen LogP contribution in [0.15, 0.2) is 48.2 Å². The molecule has 0 spiro atoms. The molecule has 0 aliphatic carbocycles. The molecular weight excluding hydrogens is 390 g/mol. The molecule has 0 saturated carbocycles. The van der Waals surface area contributed by atoms with Crippen molar-refractivity contribution in [1.29, 1.82) is 0 Å². The number of ether oxygens (including phenoxy) is 1. The standard InChI is InChI=1S/C20H21N5O3S/c1-13(2)19(27)25-20-23-15(12-29-20)10-17(26)24-18-16(4-3-7-22-18)28-11-14-5-8-21-9-6-14/h3-9,12-13H,10-11H2,1-2H3,(H,22,24,26)(H,23,25,27). The van der Waals surface area contributed by atoms with Crippen LogP contribution in [0.2, 0.25) is 0 Å². The molecule has 29 heavy (non-hydrogen) atoms. The summed E-state index contributed by atoms with van der Waals surface area (Å²) < 4.78 is 5.78. The average molecular weight is 411 g/mol. The number of hydrogen-bond donors (Lipinski definition) is 2. The Hall–Kier alpha value is -3.33. The maximum absolute atomic E-state index is 12.4. The second-order valence-corrected chi connectivity index (χ2v) is 7.37. The first kappa shape index (κ1) is 20.4. The van der Waals surface area contributed by atoms with Crippen LogP contribution in [0, 0.1) is 5.92 Å². The summed E-state index contributed by atoms with van der Waals surface area (Å²) in [5.41, 5.74) is 1.53. The summed E-state index contributed by atoms with van der Waals surface area (Å²) in [7, 11) is 0. The van der Waals surface area contributed by atoms with Crippen molar-refractivity contribution in [2.75, 3.05) is 10.6 Å². The van der Waals surface area contributed by atoms with E-state index in [9.17, 15) is 9.59 Å². The average Bonchev–Trinajstić information content (AvgIpc) is 3.14. The van der Waals surface area contributed by atoms with Crippen LogP contribution in [-0.2, 0) is 22.6 Å². The molecule has 0 aliphatic heterocycles. The van der Waals surface area contributed by atoms with Gasteiger partial charge in [0.1, 0.15) is 6.61 Å². The number of thiazole rings is 1. The van der Waals surface area contributed by atoms with Crippen LogP contribution < -0.4 is 15.4 Å². The molecule has 0 atom stereocenters. The first-order valence-corrected chi connectivity index (χ1v) is 9.91. The minimum absolute atomic E-state index is 0.0639. The third kappa shape index (κ3) is 6.08. The van der Waals surface area contributed by atoms with Gasteiger partial charge in [-0.25, -0.2) is 9.97 Å². The molecule has 0 radical (unpaired) electrons. The van der Waals surface area contributed by atoms with Crippen LogP contribution in [0.25, 0.3) is 0 Å².